The Kier molecular flexibility index (Phi) is 4.74. The van der Waals surface area contributed by atoms with Crippen molar-refractivity contribution in [3.63, 3.8) is 0 Å². The fraction of sp³-hybridized carbons (Fsp3) is 0.231. The van der Waals surface area contributed by atoms with Crippen LogP contribution in [0.5, 0.6) is 0 Å². The SMILES string of the molecule is CN1CC2(C1)C(=O)N(Cc1c(F)cc(-c3ccc4c(c3)CC(=O)N4)c[c]1[Tl])c1ccccc12. The van der Waals surface area contributed by atoms with Crippen LogP contribution in [0.25, 0.3) is 11.1 Å². The summed E-state index contributed by atoms with van der Waals surface area (Å²) in [5.41, 5.74) is 5.55. The van der Waals surface area contributed by atoms with Crippen molar-refractivity contribution in [3.8, 4) is 11.1 Å². The summed E-state index contributed by atoms with van der Waals surface area (Å²) in [7, 11) is 2.02. The molecule has 0 radical (unpaired) electrons. The van der Waals surface area contributed by atoms with Crippen LogP contribution in [0, 0.1) is 5.82 Å². The van der Waals surface area contributed by atoms with Crippen molar-refractivity contribution < 1.29 is 14.0 Å². The zero-order valence-electron chi connectivity index (χ0n) is 18.2. The number of hydrogen-bond donors (Lipinski definition) is 1. The summed E-state index contributed by atoms with van der Waals surface area (Å²) in [6.45, 7) is 1.65. The number of fused-ring (bicyclic) bond motifs is 3. The first kappa shape index (κ1) is 21.0. The Labute approximate surface area is 207 Å². The number of anilines is 2. The zero-order valence-corrected chi connectivity index (χ0v) is 22.7. The van der Waals surface area contributed by atoms with Gasteiger partial charge in [0.1, 0.15) is 0 Å². The average Bonchev–Trinajstić information content (AvgIpc) is 3.25. The number of carbonyl (C=O) groups excluding carboxylic acids is 2. The van der Waals surface area contributed by atoms with Crippen molar-refractivity contribution in [1.82, 2.24) is 4.90 Å². The van der Waals surface area contributed by atoms with Crippen LogP contribution in [-0.4, -0.2) is 62.6 Å². The minimum atomic E-state index is -0.495. The van der Waals surface area contributed by atoms with E-state index in [1.54, 1.807) is 11.0 Å². The van der Waals surface area contributed by atoms with E-state index in [0.29, 0.717) is 50.8 Å². The number of para-hydroxylation sites is 1. The summed E-state index contributed by atoms with van der Waals surface area (Å²) in [5, 5.41) is 2.83. The van der Waals surface area contributed by atoms with Gasteiger partial charge in [-0.25, -0.2) is 0 Å². The fourth-order valence-electron chi connectivity index (χ4n) is 5.49. The van der Waals surface area contributed by atoms with Crippen LogP contribution in [0.4, 0.5) is 15.8 Å². The Hall–Kier alpha value is -2.59. The van der Waals surface area contributed by atoms with Gasteiger partial charge in [0.15, 0.2) is 0 Å². The van der Waals surface area contributed by atoms with Crippen LogP contribution in [0.1, 0.15) is 16.7 Å². The molecule has 33 heavy (non-hydrogen) atoms. The number of hydrogen-bond acceptors (Lipinski definition) is 3. The first-order valence-electron chi connectivity index (χ1n) is 11.0. The topological polar surface area (TPSA) is 52.7 Å². The number of likely N-dealkylation sites (tertiary alicyclic amines) is 1. The molecule has 0 saturated carbocycles. The molecule has 1 N–H and O–H groups in total. The Balaban J connectivity index is 1.34. The van der Waals surface area contributed by atoms with Gasteiger partial charge in [-0.05, 0) is 0 Å². The van der Waals surface area contributed by atoms with Crippen LogP contribution in [0.3, 0.4) is 0 Å². The second-order valence-corrected chi connectivity index (χ2v) is 11.7. The normalized spacial score (nSPS) is 18.3. The molecular formula is C26H21FN3O2Tl. The van der Waals surface area contributed by atoms with E-state index in [-0.39, 0.29) is 24.2 Å². The van der Waals surface area contributed by atoms with E-state index in [9.17, 15) is 9.59 Å². The van der Waals surface area contributed by atoms with Gasteiger partial charge in [0.25, 0.3) is 0 Å². The summed E-state index contributed by atoms with van der Waals surface area (Å²) in [6, 6.07) is 17.3. The van der Waals surface area contributed by atoms with Gasteiger partial charge < -0.3 is 0 Å². The molecule has 0 aromatic heterocycles. The van der Waals surface area contributed by atoms with Crippen molar-refractivity contribution in [1.29, 1.82) is 0 Å². The molecule has 2 amide bonds. The van der Waals surface area contributed by atoms with E-state index >= 15 is 4.39 Å². The van der Waals surface area contributed by atoms with Gasteiger partial charge >= 0.3 is 208 Å². The third-order valence-corrected chi connectivity index (χ3v) is 9.06. The number of nitrogens with zero attached hydrogens (tertiary/aromatic N) is 2. The monoisotopic (exact) mass is 631 g/mol. The van der Waals surface area contributed by atoms with Crippen molar-refractivity contribution in [3.05, 3.63) is 77.1 Å². The zero-order chi connectivity index (χ0) is 22.9. The van der Waals surface area contributed by atoms with Crippen molar-refractivity contribution in [2.75, 3.05) is 30.4 Å². The number of nitrogens with one attached hydrogen (secondary N) is 1. The first-order valence-corrected chi connectivity index (χ1v) is 13.2. The predicted molar refractivity (Wildman–Crippen MR) is 126 cm³/mol. The molecule has 3 aliphatic rings. The average molecular weight is 631 g/mol. The van der Waals surface area contributed by atoms with Gasteiger partial charge in [-0.15, -0.1) is 0 Å². The minimum absolute atomic E-state index is 0.0141. The van der Waals surface area contributed by atoms with E-state index in [2.05, 4.69) is 10.2 Å². The number of amides is 2. The van der Waals surface area contributed by atoms with Gasteiger partial charge in [0.2, 0.25) is 0 Å². The number of carbonyl (C=O) groups is 2. The van der Waals surface area contributed by atoms with Crippen LogP contribution in [-0.2, 0) is 28.0 Å². The van der Waals surface area contributed by atoms with Gasteiger partial charge in [-0.3, -0.25) is 0 Å². The summed E-state index contributed by atoms with van der Waals surface area (Å²) in [4.78, 5) is 29.1. The van der Waals surface area contributed by atoms with E-state index in [4.69, 9.17) is 0 Å². The van der Waals surface area contributed by atoms with E-state index in [1.807, 2.05) is 55.6 Å². The Morgan fingerprint density at radius 3 is 2.61 bits per heavy atom. The standard InChI is InChI=1S/C26H21FN3O2.Tl/c1-29-14-26(15-29)20-4-2-3-5-23(20)30(25(26)32)13-18-7-6-17(11-21(18)27)16-8-9-22-19(10-16)12-24(31)28-22;/h2-6,8-11H,12-15H2,1H3,(H,28,31);. The molecule has 162 valence electrons. The van der Waals surface area contributed by atoms with Gasteiger partial charge in [0, 0.05) is 0 Å². The maximum absolute atomic E-state index is 15.5. The summed E-state index contributed by atoms with van der Waals surface area (Å²) in [6.07, 6.45) is 0.354. The number of benzene rings is 3. The Bertz CT molecular complexity index is 1330. The summed E-state index contributed by atoms with van der Waals surface area (Å²) in [5.74, 6) is -0.220. The van der Waals surface area contributed by atoms with Gasteiger partial charge in [0.05, 0.1) is 0 Å². The van der Waals surface area contributed by atoms with Crippen LogP contribution in [0.2, 0.25) is 0 Å². The molecule has 7 heteroatoms. The Morgan fingerprint density at radius 2 is 1.85 bits per heavy atom. The van der Waals surface area contributed by atoms with E-state index < -0.39 is 5.41 Å². The molecule has 5 nitrogen and oxygen atoms in total. The van der Waals surface area contributed by atoms with Gasteiger partial charge in [-0.2, -0.15) is 0 Å². The first-order chi connectivity index (χ1) is 15.9. The number of likely N-dealkylation sites (N-methyl/N-ethyl adjacent to an activating group) is 1. The summed E-state index contributed by atoms with van der Waals surface area (Å²) < 4.78 is 16.4. The van der Waals surface area contributed by atoms with Gasteiger partial charge in [-0.1, -0.05) is 0 Å². The molecule has 6 rings (SSSR count). The van der Waals surface area contributed by atoms with Crippen LogP contribution >= 0.6 is 0 Å². The Morgan fingerprint density at radius 1 is 1.06 bits per heavy atom. The second kappa shape index (κ2) is 7.46. The van der Waals surface area contributed by atoms with E-state index in [0.717, 1.165) is 36.8 Å². The molecular weight excluding hydrogens is 610 g/mol. The molecule has 1 fully saturated rings. The summed E-state index contributed by atoms with van der Waals surface area (Å²) >= 11 is 0.411. The number of halogens is 1. The maximum atomic E-state index is 15.5. The molecule has 0 unspecified atom stereocenters. The third-order valence-electron chi connectivity index (χ3n) is 7.05. The molecule has 3 aliphatic heterocycles. The van der Waals surface area contributed by atoms with Crippen LogP contribution < -0.4 is 13.3 Å². The predicted octanol–water partition coefficient (Wildman–Crippen LogP) is 2.51. The third kappa shape index (κ3) is 3.18. The molecule has 0 atom stereocenters. The quantitative estimate of drug-likeness (QED) is 0.453. The second-order valence-electron chi connectivity index (χ2n) is 9.29. The van der Waals surface area contributed by atoms with E-state index in [1.165, 1.54) is 0 Å². The van der Waals surface area contributed by atoms with Crippen molar-refractivity contribution in [2.45, 2.75) is 18.4 Å². The number of rotatable bonds is 3. The molecule has 1 spiro atoms. The van der Waals surface area contributed by atoms with Crippen molar-refractivity contribution in [2.24, 2.45) is 0 Å². The molecule has 3 heterocycles. The van der Waals surface area contributed by atoms with Crippen LogP contribution in [0.15, 0.2) is 54.6 Å². The fourth-order valence-corrected chi connectivity index (χ4v) is 7.08. The molecule has 3 aromatic carbocycles. The molecule has 1 saturated heterocycles. The molecule has 0 aliphatic carbocycles. The molecule has 3 aromatic rings. The van der Waals surface area contributed by atoms with Crippen molar-refractivity contribution >= 4 is 52.1 Å². The molecule has 0 bridgehead atoms.